The molecule has 0 aliphatic rings. The van der Waals surface area contributed by atoms with Gasteiger partial charge in [-0.15, -0.1) is 0 Å². The molecule has 0 spiro atoms. The fourth-order valence-electron chi connectivity index (χ4n) is 1.25. The first-order valence-corrected chi connectivity index (χ1v) is 5.54. The van der Waals surface area contributed by atoms with Gasteiger partial charge in [0.15, 0.2) is 0 Å². The van der Waals surface area contributed by atoms with Crippen LogP contribution in [0.2, 0.25) is 0 Å². The van der Waals surface area contributed by atoms with Gasteiger partial charge in [0.05, 0.1) is 13.5 Å². The van der Waals surface area contributed by atoms with Crippen molar-refractivity contribution in [1.82, 2.24) is 4.98 Å². The largest absolute Gasteiger partial charge is 0.469 e. The molecule has 1 rings (SSSR count). The zero-order chi connectivity index (χ0) is 12.3. The van der Waals surface area contributed by atoms with E-state index in [9.17, 15) is 13.6 Å². The highest BCUT2D eigenvalue weighted by Gasteiger charge is 2.18. The van der Waals surface area contributed by atoms with E-state index in [1.165, 1.54) is 7.11 Å². The Hall–Kier alpha value is -0.790. The van der Waals surface area contributed by atoms with E-state index in [1.54, 1.807) is 35.6 Å². The number of aryl methyl sites for hydroxylation is 1. The lowest BCUT2D eigenvalue weighted by atomic mass is 10.1. The fraction of sp³-hybridized carbons (Fsp3) is 0.400. The average molecular weight is 341 g/mol. The van der Waals surface area contributed by atoms with Gasteiger partial charge in [0.2, 0.25) is 0 Å². The Morgan fingerprint density at radius 2 is 2.25 bits per heavy atom. The summed E-state index contributed by atoms with van der Waals surface area (Å²) in [5.41, 5.74) is 0.712. The summed E-state index contributed by atoms with van der Waals surface area (Å²) in [4.78, 5) is 14.8. The molecule has 6 heteroatoms. The van der Waals surface area contributed by atoms with Gasteiger partial charge < -0.3 is 4.74 Å². The van der Waals surface area contributed by atoms with Crippen molar-refractivity contribution < 1.29 is 18.3 Å². The molecule has 88 valence electrons. The van der Waals surface area contributed by atoms with Gasteiger partial charge in [-0.05, 0) is 41.1 Å². The monoisotopic (exact) mass is 341 g/mol. The van der Waals surface area contributed by atoms with Gasteiger partial charge in [0, 0.05) is 9.26 Å². The van der Waals surface area contributed by atoms with Gasteiger partial charge >= 0.3 is 5.97 Å². The molecule has 0 saturated heterocycles. The van der Waals surface area contributed by atoms with Crippen LogP contribution in [-0.2, 0) is 16.0 Å². The first-order valence-electron chi connectivity index (χ1n) is 4.46. The lowest BCUT2D eigenvalue weighted by molar-refractivity contribution is -0.139. The zero-order valence-electron chi connectivity index (χ0n) is 8.76. The SMILES string of the molecule is COC(=O)Cc1cc(C)nc(C(F)F)c1I. The predicted octanol–water partition coefficient (Wildman–Crippen LogP) is 2.65. The Labute approximate surface area is 105 Å². The lowest BCUT2D eigenvalue weighted by Gasteiger charge is -2.09. The molecule has 3 nitrogen and oxygen atoms in total. The van der Waals surface area contributed by atoms with Gasteiger partial charge in [-0.1, -0.05) is 0 Å². The fourth-order valence-corrected chi connectivity index (χ4v) is 1.95. The number of halogens is 3. The standard InChI is InChI=1S/C10H10F2INO2/c1-5-3-6(4-7(15)16-2)8(13)9(14-5)10(11)12/h3,10H,4H2,1-2H3. The Kier molecular flexibility index (Phi) is 4.57. The highest BCUT2D eigenvalue weighted by atomic mass is 127. The topological polar surface area (TPSA) is 39.2 Å². The molecule has 0 amide bonds. The van der Waals surface area contributed by atoms with E-state index in [-0.39, 0.29) is 12.1 Å². The van der Waals surface area contributed by atoms with Crippen molar-refractivity contribution in [3.05, 3.63) is 26.6 Å². The summed E-state index contributed by atoms with van der Waals surface area (Å²) in [7, 11) is 1.26. The number of carbonyl (C=O) groups excluding carboxylic acids is 1. The number of esters is 1. The third-order valence-corrected chi connectivity index (χ3v) is 3.20. The molecule has 1 aromatic heterocycles. The zero-order valence-corrected chi connectivity index (χ0v) is 10.9. The van der Waals surface area contributed by atoms with Crippen LogP contribution in [0.5, 0.6) is 0 Å². The normalized spacial score (nSPS) is 10.6. The summed E-state index contributed by atoms with van der Waals surface area (Å²) in [6, 6.07) is 1.62. The molecule has 0 aromatic carbocycles. The molecule has 0 aliphatic heterocycles. The number of methoxy groups -OCH3 is 1. The van der Waals surface area contributed by atoms with Crippen LogP contribution in [0.25, 0.3) is 0 Å². The smallest absolute Gasteiger partial charge is 0.310 e. The number of pyridine rings is 1. The molecule has 0 atom stereocenters. The molecule has 0 fully saturated rings. The van der Waals surface area contributed by atoms with Gasteiger partial charge in [0.25, 0.3) is 6.43 Å². The van der Waals surface area contributed by atoms with Crippen molar-refractivity contribution in [1.29, 1.82) is 0 Å². The van der Waals surface area contributed by atoms with E-state index in [4.69, 9.17) is 0 Å². The van der Waals surface area contributed by atoms with Crippen molar-refractivity contribution in [3.8, 4) is 0 Å². The first kappa shape index (κ1) is 13.3. The Balaban J connectivity index is 3.14. The van der Waals surface area contributed by atoms with Crippen LogP contribution in [0.3, 0.4) is 0 Å². The molecule has 0 bridgehead atoms. The van der Waals surface area contributed by atoms with Gasteiger partial charge in [-0.25, -0.2) is 8.78 Å². The third kappa shape index (κ3) is 3.10. The van der Waals surface area contributed by atoms with Gasteiger partial charge in [-0.2, -0.15) is 0 Å². The maximum atomic E-state index is 12.6. The second-order valence-electron chi connectivity index (χ2n) is 3.18. The van der Waals surface area contributed by atoms with Crippen LogP contribution >= 0.6 is 22.6 Å². The number of nitrogens with zero attached hydrogens (tertiary/aromatic N) is 1. The second-order valence-corrected chi connectivity index (χ2v) is 4.25. The lowest BCUT2D eigenvalue weighted by Crippen LogP contribution is -2.09. The van der Waals surface area contributed by atoms with Crippen LogP contribution in [0.15, 0.2) is 6.07 Å². The van der Waals surface area contributed by atoms with Gasteiger partial charge in [-0.3, -0.25) is 9.78 Å². The molecule has 0 unspecified atom stereocenters. The highest BCUT2D eigenvalue weighted by molar-refractivity contribution is 14.1. The maximum Gasteiger partial charge on any atom is 0.310 e. The van der Waals surface area contributed by atoms with E-state index >= 15 is 0 Å². The summed E-state index contributed by atoms with van der Waals surface area (Å²) < 4.78 is 30.1. The van der Waals surface area contributed by atoms with Crippen LogP contribution in [-0.4, -0.2) is 18.1 Å². The number of alkyl halides is 2. The van der Waals surface area contributed by atoms with E-state index < -0.39 is 12.4 Å². The summed E-state index contributed by atoms with van der Waals surface area (Å²) in [6.45, 7) is 1.61. The van der Waals surface area contributed by atoms with Crippen molar-refractivity contribution in [2.24, 2.45) is 0 Å². The number of ether oxygens (including phenoxy) is 1. The predicted molar refractivity (Wildman–Crippen MR) is 62.4 cm³/mol. The minimum absolute atomic E-state index is 0.0160. The molecule has 0 aliphatic carbocycles. The second kappa shape index (κ2) is 5.51. The Morgan fingerprint density at radius 3 is 2.75 bits per heavy atom. The van der Waals surface area contributed by atoms with Crippen LogP contribution in [0.4, 0.5) is 8.78 Å². The number of hydrogen-bond acceptors (Lipinski definition) is 3. The average Bonchev–Trinajstić information content (AvgIpc) is 2.22. The van der Waals surface area contributed by atoms with Gasteiger partial charge in [0.1, 0.15) is 5.69 Å². The maximum absolute atomic E-state index is 12.6. The third-order valence-electron chi connectivity index (χ3n) is 1.96. The van der Waals surface area contributed by atoms with Crippen LogP contribution < -0.4 is 0 Å². The van der Waals surface area contributed by atoms with E-state index in [1.807, 2.05) is 0 Å². The molecule has 1 heterocycles. The summed E-state index contributed by atoms with van der Waals surface area (Å²) in [5, 5.41) is 0. The number of aromatic nitrogens is 1. The van der Waals surface area contributed by atoms with Crippen molar-refractivity contribution in [3.63, 3.8) is 0 Å². The van der Waals surface area contributed by atoms with Crippen LogP contribution in [0, 0.1) is 10.5 Å². The molecular formula is C10H10F2INO2. The first-order chi connectivity index (χ1) is 7.45. The Bertz CT molecular complexity index is 410. The van der Waals surface area contributed by atoms with Crippen LogP contribution in [0.1, 0.15) is 23.4 Å². The number of rotatable bonds is 3. The molecule has 0 radical (unpaired) electrons. The minimum Gasteiger partial charge on any atom is -0.469 e. The molecule has 0 saturated carbocycles. The van der Waals surface area contributed by atoms with Crippen molar-refractivity contribution >= 4 is 28.6 Å². The van der Waals surface area contributed by atoms with E-state index in [0.717, 1.165) is 0 Å². The Morgan fingerprint density at radius 1 is 1.62 bits per heavy atom. The number of hydrogen-bond donors (Lipinski definition) is 0. The number of carbonyl (C=O) groups is 1. The van der Waals surface area contributed by atoms with E-state index in [2.05, 4.69) is 9.72 Å². The van der Waals surface area contributed by atoms with Crippen molar-refractivity contribution in [2.45, 2.75) is 19.8 Å². The molecular weight excluding hydrogens is 331 g/mol. The minimum atomic E-state index is -2.64. The molecule has 0 N–H and O–H groups in total. The summed E-state index contributed by atoms with van der Waals surface area (Å²) in [6.07, 6.45) is -2.65. The van der Waals surface area contributed by atoms with Crippen molar-refractivity contribution in [2.75, 3.05) is 7.11 Å². The molecule has 16 heavy (non-hydrogen) atoms. The quantitative estimate of drug-likeness (QED) is 0.627. The highest BCUT2D eigenvalue weighted by Crippen LogP contribution is 2.26. The summed E-state index contributed by atoms with van der Waals surface area (Å²) in [5.74, 6) is -0.455. The summed E-state index contributed by atoms with van der Waals surface area (Å²) >= 11 is 1.77. The van der Waals surface area contributed by atoms with E-state index in [0.29, 0.717) is 14.8 Å². The molecule has 1 aromatic rings.